The van der Waals surface area contributed by atoms with E-state index in [2.05, 4.69) is 26.0 Å². The Morgan fingerprint density at radius 1 is 1.15 bits per heavy atom. The highest BCUT2D eigenvalue weighted by Gasteiger charge is 2.36. The highest BCUT2D eigenvalue weighted by Crippen LogP contribution is 2.30. The number of anilines is 2. The molecule has 3 aromatic rings. The summed E-state index contributed by atoms with van der Waals surface area (Å²) in [6.07, 6.45) is 9.40. The summed E-state index contributed by atoms with van der Waals surface area (Å²) in [5, 5.41) is 12.4. The second-order valence-electron chi connectivity index (χ2n) is 9.71. The average molecular weight is 535 g/mol. The van der Waals surface area contributed by atoms with Crippen molar-refractivity contribution >= 4 is 34.9 Å². The molecule has 0 aliphatic heterocycles. The SMILES string of the molecule is C/C=C\C(=C/CC)NC(=O)C(C)(C)C(=O)Nc1ccc(Oc2ccc3nc(NC(=O)C4CC4)cn3n2)c(F)c1. The van der Waals surface area contributed by atoms with Gasteiger partial charge in [-0.05, 0) is 64.3 Å². The van der Waals surface area contributed by atoms with Gasteiger partial charge in [-0.25, -0.2) is 13.9 Å². The van der Waals surface area contributed by atoms with E-state index in [0.717, 1.165) is 18.9 Å². The summed E-state index contributed by atoms with van der Waals surface area (Å²) in [7, 11) is 0. The minimum atomic E-state index is -1.43. The third kappa shape index (κ3) is 6.67. The number of hydrogen-bond donors (Lipinski definition) is 3. The lowest BCUT2D eigenvalue weighted by Crippen LogP contribution is -2.44. The number of rotatable bonds is 10. The van der Waals surface area contributed by atoms with Crippen molar-refractivity contribution in [2.45, 2.75) is 47.0 Å². The number of benzene rings is 1. The third-order valence-electron chi connectivity index (χ3n) is 6.06. The van der Waals surface area contributed by atoms with Gasteiger partial charge in [0.05, 0.1) is 6.20 Å². The van der Waals surface area contributed by atoms with Gasteiger partial charge in [0.15, 0.2) is 23.0 Å². The molecule has 4 rings (SSSR count). The van der Waals surface area contributed by atoms with E-state index in [-0.39, 0.29) is 29.1 Å². The number of carbonyl (C=O) groups excluding carboxylic acids is 3. The van der Waals surface area contributed by atoms with Crippen LogP contribution >= 0.6 is 0 Å². The van der Waals surface area contributed by atoms with E-state index in [1.807, 2.05) is 19.9 Å². The van der Waals surface area contributed by atoms with Gasteiger partial charge in [0.2, 0.25) is 23.6 Å². The molecule has 2 aromatic heterocycles. The summed E-state index contributed by atoms with van der Waals surface area (Å²) in [5.74, 6) is -1.49. The van der Waals surface area contributed by atoms with Crippen molar-refractivity contribution in [2.75, 3.05) is 10.6 Å². The first-order valence-electron chi connectivity index (χ1n) is 12.7. The molecule has 1 aliphatic carbocycles. The molecule has 0 bridgehead atoms. The molecule has 3 amide bonds. The molecule has 1 saturated carbocycles. The predicted molar refractivity (Wildman–Crippen MR) is 145 cm³/mol. The van der Waals surface area contributed by atoms with Crippen molar-refractivity contribution in [2.24, 2.45) is 11.3 Å². The number of hydrogen-bond acceptors (Lipinski definition) is 6. The summed E-state index contributed by atoms with van der Waals surface area (Å²) in [6.45, 7) is 6.75. The van der Waals surface area contributed by atoms with Gasteiger partial charge >= 0.3 is 0 Å². The molecule has 1 fully saturated rings. The van der Waals surface area contributed by atoms with Gasteiger partial charge in [0.25, 0.3) is 0 Å². The van der Waals surface area contributed by atoms with Crippen molar-refractivity contribution in [3.63, 3.8) is 0 Å². The van der Waals surface area contributed by atoms with E-state index in [1.165, 1.54) is 36.6 Å². The molecular formula is C28H31FN6O4. The number of nitrogens with zero attached hydrogens (tertiary/aromatic N) is 3. The Balaban J connectivity index is 1.41. The van der Waals surface area contributed by atoms with Crippen LogP contribution in [0.4, 0.5) is 15.9 Å². The average Bonchev–Trinajstić information content (AvgIpc) is 3.66. The lowest BCUT2D eigenvalue weighted by atomic mass is 9.90. The highest BCUT2D eigenvalue weighted by molar-refractivity contribution is 6.10. The Morgan fingerprint density at radius 2 is 1.92 bits per heavy atom. The van der Waals surface area contributed by atoms with Crippen LogP contribution in [0, 0.1) is 17.2 Å². The predicted octanol–water partition coefficient (Wildman–Crippen LogP) is 4.96. The van der Waals surface area contributed by atoms with Gasteiger partial charge < -0.3 is 20.7 Å². The molecule has 0 unspecified atom stereocenters. The zero-order chi connectivity index (χ0) is 28.2. The molecule has 10 nitrogen and oxygen atoms in total. The molecule has 1 aliphatic rings. The lowest BCUT2D eigenvalue weighted by Gasteiger charge is -2.23. The minimum Gasteiger partial charge on any atom is -0.434 e. The van der Waals surface area contributed by atoms with E-state index in [0.29, 0.717) is 23.6 Å². The highest BCUT2D eigenvalue weighted by atomic mass is 19.1. The Bertz CT molecular complexity index is 1470. The van der Waals surface area contributed by atoms with Gasteiger partial charge in [-0.3, -0.25) is 14.4 Å². The van der Waals surface area contributed by atoms with Crippen LogP contribution < -0.4 is 20.7 Å². The maximum atomic E-state index is 14.9. The van der Waals surface area contributed by atoms with Crippen LogP contribution in [0.15, 0.2) is 60.5 Å². The summed E-state index contributed by atoms with van der Waals surface area (Å²) >= 11 is 0. The van der Waals surface area contributed by atoms with E-state index >= 15 is 0 Å². The lowest BCUT2D eigenvalue weighted by molar-refractivity contribution is -0.137. The first-order valence-corrected chi connectivity index (χ1v) is 12.7. The smallest absolute Gasteiger partial charge is 0.239 e. The maximum absolute atomic E-state index is 14.9. The molecule has 0 radical (unpaired) electrons. The van der Waals surface area contributed by atoms with Crippen LogP contribution in [0.3, 0.4) is 0 Å². The Hall–Kier alpha value is -4.54. The van der Waals surface area contributed by atoms with Gasteiger partial charge in [-0.2, -0.15) is 0 Å². The standard InChI is InChI=1S/C28H31FN6O4/c1-5-7-18(8-6-2)30-26(37)28(3,4)27(38)31-19-11-12-21(20(29)15-19)39-24-14-13-23-32-22(16-35(23)34-24)33-25(36)17-9-10-17/h5,7-8,11-17H,6,9-10H2,1-4H3,(H,30,37)(H,31,38)(H,33,36)/b7-5-,18-8+. The van der Waals surface area contributed by atoms with E-state index in [4.69, 9.17) is 4.74 Å². The van der Waals surface area contributed by atoms with Crippen LogP contribution in [0.5, 0.6) is 11.6 Å². The van der Waals surface area contributed by atoms with E-state index in [9.17, 15) is 18.8 Å². The maximum Gasteiger partial charge on any atom is 0.239 e. The first kappa shape index (κ1) is 27.5. The fourth-order valence-corrected chi connectivity index (χ4v) is 3.57. The second-order valence-corrected chi connectivity index (χ2v) is 9.71. The molecular weight excluding hydrogens is 503 g/mol. The number of fused-ring (bicyclic) bond motifs is 1. The summed E-state index contributed by atoms with van der Waals surface area (Å²) in [4.78, 5) is 41.9. The fourth-order valence-electron chi connectivity index (χ4n) is 3.57. The van der Waals surface area contributed by atoms with Gasteiger partial charge in [0.1, 0.15) is 5.41 Å². The third-order valence-corrected chi connectivity index (χ3v) is 6.06. The zero-order valence-corrected chi connectivity index (χ0v) is 22.2. The normalized spacial score (nSPS) is 13.9. The van der Waals surface area contributed by atoms with Crippen molar-refractivity contribution in [1.29, 1.82) is 0 Å². The van der Waals surface area contributed by atoms with Crippen LogP contribution in [0.2, 0.25) is 0 Å². The summed E-state index contributed by atoms with van der Waals surface area (Å²) < 4.78 is 21.9. The fraction of sp³-hybridized carbons (Fsp3) is 0.321. The summed E-state index contributed by atoms with van der Waals surface area (Å²) in [6, 6.07) is 7.08. The van der Waals surface area contributed by atoms with Crippen molar-refractivity contribution in [3.05, 3.63) is 66.3 Å². The molecule has 3 N–H and O–H groups in total. The van der Waals surface area contributed by atoms with E-state index < -0.39 is 23.0 Å². The minimum absolute atomic E-state index is 0.0413. The van der Waals surface area contributed by atoms with Crippen molar-refractivity contribution in [1.82, 2.24) is 19.9 Å². The quantitative estimate of drug-likeness (QED) is 0.249. The van der Waals surface area contributed by atoms with Crippen molar-refractivity contribution in [3.8, 4) is 11.6 Å². The molecule has 0 saturated heterocycles. The number of aromatic nitrogens is 3. The van der Waals surface area contributed by atoms with Gasteiger partial charge in [-0.1, -0.05) is 19.1 Å². The molecule has 0 spiro atoms. The number of amides is 3. The monoisotopic (exact) mass is 534 g/mol. The number of carbonyl (C=O) groups is 3. The molecule has 11 heteroatoms. The largest absolute Gasteiger partial charge is 0.434 e. The van der Waals surface area contributed by atoms with Crippen LogP contribution in [0.1, 0.15) is 47.0 Å². The molecule has 0 atom stereocenters. The molecule has 39 heavy (non-hydrogen) atoms. The molecule has 2 heterocycles. The molecule has 1 aromatic carbocycles. The van der Waals surface area contributed by atoms with E-state index in [1.54, 1.807) is 24.4 Å². The van der Waals surface area contributed by atoms with Crippen LogP contribution in [0.25, 0.3) is 5.65 Å². The molecule has 204 valence electrons. The van der Waals surface area contributed by atoms with Crippen LogP contribution in [-0.4, -0.2) is 32.3 Å². The van der Waals surface area contributed by atoms with Gasteiger partial charge in [-0.15, -0.1) is 5.10 Å². The number of ether oxygens (including phenoxy) is 1. The zero-order valence-electron chi connectivity index (χ0n) is 22.2. The first-order chi connectivity index (χ1) is 18.6. The number of imidazole rings is 1. The number of halogens is 1. The number of allylic oxidation sites excluding steroid dienone is 3. The Labute approximate surface area is 225 Å². The van der Waals surface area contributed by atoms with Crippen molar-refractivity contribution < 1.29 is 23.5 Å². The number of nitrogens with one attached hydrogen (secondary N) is 3. The Morgan fingerprint density at radius 3 is 2.59 bits per heavy atom. The Kier molecular flexibility index (Phi) is 8.08. The second kappa shape index (κ2) is 11.5. The van der Waals surface area contributed by atoms with Crippen LogP contribution in [-0.2, 0) is 14.4 Å². The topological polar surface area (TPSA) is 127 Å². The van der Waals surface area contributed by atoms with Gasteiger partial charge in [0, 0.05) is 29.4 Å². The summed E-state index contributed by atoms with van der Waals surface area (Å²) in [5.41, 5.74) is -0.180.